The van der Waals surface area contributed by atoms with Crippen LogP contribution in [-0.2, 0) is 26.2 Å². The molecule has 10 heteroatoms. The van der Waals surface area contributed by atoms with E-state index < -0.39 is 27.9 Å². The number of nitrogens with one attached hydrogen (secondary N) is 1. The highest BCUT2D eigenvalue weighted by molar-refractivity contribution is 7.90. The summed E-state index contributed by atoms with van der Waals surface area (Å²) in [5.41, 5.74) is 0.738. The largest absolute Gasteiger partial charge is 0.352 e. The summed E-state index contributed by atoms with van der Waals surface area (Å²) >= 11 is 6.28. The molecule has 0 radical (unpaired) electrons. The molecule has 1 aliphatic rings. The van der Waals surface area contributed by atoms with Gasteiger partial charge in [0.05, 0.1) is 5.56 Å². The molecule has 0 fully saturated rings. The van der Waals surface area contributed by atoms with Gasteiger partial charge in [0.1, 0.15) is 10.9 Å². The lowest BCUT2D eigenvalue weighted by Gasteiger charge is -2.30. The van der Waals surface area contributed by atoms with E-state index in [4.69, 9.17) is 11.6 Å². The molecule has 1 N–H and O–H groups in total. The van der Waals surface area contributed by atoms with Crippen molar-refractivity contribution in [3.05, 3.63) is 64.7 Å². The number of rotatable bonds is 9. The Balaban J connectivity index is 1.80. The number of benzene rings is 2. The predicted molar refractivity (Wildman–Crippen MR) is 129 cm³/mol. The van der Waals surface area contributed by atoms with Crippen LogP contribution in [0.4, 0.5) is 0 Å². The molecule has 3 rings (SSSR count). The van der Waals surface area contributed by atoms with Crippen LogP contribution >= 0.6 is 11.6 Å². The summed E-state index contributed by atoms with van der Waals surface area (Å²) in [5, 5.41) is 3.31. The third-order valence-electron chi connectivity index (χ3n) is 5.91. The lowest BCUT2D eigenvalue weighted by molar-refractivity contribution is -0.140. The molecule has 182 valence electrons. The molecule has 0 saturated carbocycles. The van der Waals surface area contributed by atoms with Crippen molar-refractivity contribution in [2.24, 2.45) is 0 Å². The lowest BCUT2D eigenvalue weighted by atomic mass is 10.1. The van der Waals surface area contributed by atoms with Crippen molar-refractivity contribution in [1.82, 2.24) is 14.5 Å². The number of carbonyl (C=O) groups is 3. The van der Waals surface area contributed by atoms with Gasteiger partial charge in [-0.05, 0) is 44.0 Å². The summed E-state index contributed by atoms with van der Waals surface area (Å²) in [6.45, 7) is 5.15. The monoisotopic (exact) mass is 505 g/mol. The zero-order valence-corrected chi connectivity index (χ0v) is 20.9. The first-order valence-electron chi connectivity index (χ1n) is 11.1. The second kappa shape index (κ2) is 10.6. The van der Waals surface area contributed by atoms with Crippen molar-refractivity contribution in [1.29, 1.82) is 0 Å². The standard InChI is InChI=1S/C24H28ClN3O5S/c1-4-16(2)26-23(30)17(3)27(15-18-9-5-7-11-20(18)25)22(29)13-14-28-24(31)19-10-6-8-12-21(19)34(28,32)33/h5-12,16-17H,4,13-15H2,1-3H3,(H,26,30). The van der Waals surface area contributed by atoms with Gasteiger partial charge in [-0.3, -0.25) is 14.4 Å². The highest BCUT2D eigenvalue weighted by Gasteiger charge is 2.41. The van der Waals surface area contributed by atoms with Gasteiger partial charge in [-0.2, -0.15) is 0 Å². The fourth-order valence-electron chi connectivity index (χ4n) is 3.65. The van der Waals surface area contributed by atoms with Crippen LogP contribution in [0.1, 0.15) is 49.5 Å². The van der Waals surface area contributed by atoms with Crippen molar-refractivity contribution in [3.63, 3.8) is 0 Å². The van der Waals surface area contributed by atoms with Gasteiger partial charge in [-0.25, -0.2) is 12.7 Å². The number of nitrogens with zero attached hydrogens (tertiary/aromatic N) is 2. The van der Waals surface area contributed by atoms with Gasteiger partial charge in [-0.15, -0.1) is 0 Å². The van der Waals surface area contributed by atoms with Gasteiger partial charge >= 0.3 is 0 Å². The zero-order valence-electron chi connectivity index (χ0n) is 19.3. The molecule has 3 amide bonds. The Morgan fingerprint density at radius 1 is 1.09 bits per heavy atom. The SMILES string of the molecule is CCC(C)NC(=O)C(C)N(Cc1ccccc1Cl)C(=O)CCN1C(=O)c2ccccc2S1(=O)=O. The molecule has 34 heavy (non-hydrogen) atoms. The zero-order chi connectivity index (χ0) is 25.0. The van der Waals surface area contributed by atoms with Gasteiger partial charge in [0.15, 0.2) is 0 Å². The molecule has 0 spiro atoms. The van der Waals surface area contributed by atoms with Crippen LogP contribution < -0.4 is 5.32 Å². The Kier molecular flexibility index (Phi) is 7.99. The maximum absolute atomic E-state index is 13.3. The second-order valence-electron chi connectivity index (χ2n) is 8.24. The third kappa shape index (κ3) is 5.26. The molecule has 2 aromatic rings. The van der Waals surface area contributed by atoms with Crippen LogP contribution in [0.15, 0.2) is 53.4 Å². The first-order valence-corrected chi connectivity index (χ1v) is 12.9. The van der Waals surface area contributed by atoms with Crippen LogP contribution in [0, 0.1) is 0 Å². The minimum Gasteiger partial charge on any atom is -0.352 e. The highest BCUT2D eigenvalue weighted by atomic mass is 35.5. The quantitative estimate of drug-likeness (QED) is 0.563. The smallest absolute Gasteiger partial charge is 0.269 e. The van der Waals surface area contributed by atoms with Gasteiger partial charge in [0.2, 0.25) is 11.8 Å². The van der Waals surface area contributed by atoms with Gasteiger partial charge in [-0.1, -0.05) is 48.9 Å². The first kappa shape index (κ1) is 25.7. The van der Waals surface area contributed by atoms with Gasteiger partial charge < -0.3 is 10.2 Å². The fourth-order valence-corrected chi connectivity index (χ4v) is 5.42. The van der Waals surface area contributed by atoms with E-state index in [0.29, 0.717) is 14.9 Å². The van der Waals surface area contributed by atoms with E-state index in [1.807, 2.05) is 13.8 Å². The minimum atomic E-state index is -4.03. The number of hydrogen-bond acceptors (Lipinski definition) is 5. The molecule has 2 aromatic carbocycles. The lowest BCUT2D eigenvalue weighted by Crippen LogP contribution is -2.50. The van der Waals surface area contributed by atoms with Crippen LogP contribution in [-0.4, -0.2) is 54.0 Å². The van der Waals surface area contributed by atoms with E-state index >= 15 is 0 Å². The van der Waals surface area contributed by atoms with Crippen molar-refractivity contribution in [2.45, 2.75) is 57.1 Å². The molecule has 0 aromatic heterocycles. The number of sulfonamides is 1. The number of fused-ring (bicyclic) bond motifs is 1. The molecule has 1 aliphatic heterocycles. The fraction of sp³-hybridized carbons (Fsp3) is 0.375. The topological polar surface area (TPSA) is 104 Å². The Morgan fingerprint density at radius 3 is 2.38 bits per heavy atom. The summed E-state index contributed by atoms with van der Waals surface area (Å²) in [6.07, 6.45) is 0.455. The van der Waals surface area contributed by atoms with E-state index in [0.717, 1.165) is 6.42 Å². The van der Waals surface area contributed by atoms with Crippen LogP contribution in [0.3, 0.4) is 0 Å². The minimum absolute atomic E-state index is 0.0640. The first-order chi connectivity index (χ1) is 16.1. The molecule has 2 atom stereocenters. The molecule has 0 aliphatic carbocycles. The maximum atomic E-state index is 13.3. The number of carbonyl (C=O) groups excluding carboxylic acids is 3. The Hall–Kier alpha value is -2.91. The molecule has 1 heterocycles. The average molecular weight is 506 g/mol. The van der Waals surface area contributed by atoms with Crippen LogP contribution in [0.25, 0.3) is 0 Å². The van der Waals surface area contributed by atoms with E-state index in [1.54, 1.807) is 43.3 Å². The molecule has 0 saturated heterocycles. The van der Waals surface area contributed by atoms with Crippen molar-refractivity contribution >= 4 is 39.3 Å². The summed E-state index contributed by atoms with van der Waals surface area (Å²) < 4.78 is 26.3. The average Bonchev–Trinajstić information content (AvgIpc) is 3.01. The van der Waals surface area contributed by atoms with Crippen molar-refractivity contribution < 1.29 is 22.8 Å². The number of halogens is 1. The Labute approximate surface area is 204 Å². The van der Waals surface area contributed by atoms with Gasteiger partial charge in [0.25, 0.3) is 15.9 Å². The molecule has 2 unspecified atom stereocenters. The number of hydrogen-bond donors (Lipinski definition) is 1. The van der Waals surface area contributed by atoms with Gasteiger partial charge in [0, 0.05) is 30.6 Å². The van der Waals surface area contributed by atoms with E-state index in [1.165, 1.54) is 17.0 Å². The summed E-state index contributed by atoms with van der Waals surface area (Å²) in [5.74, 6) is -1.46. The summed E-state index contributed by atoms with van der Waals surface area (Å²) in [4.78, 5) is 40.0. The van der Waals surface area contributed by atoms with E-state index in [-0.39, 0.29) is 41.9 Å². The Morgan fingerprint density at radius 2 is 1.74 bits per heavy atom. The highest BCUT2D eigenvalue weighted by Crippen LogP contribution is 2.30. The van der Waals surface area contributed by atoms with Crippen molar-refractivity contribution in [3.8, 4) is 0 Å². The summed E-state index contributed by atoms with van der Waals surface area (Å²) in [7, 11) is -4.03. The Bertz CT molecular complexity index is 1200. The number of amides is 3. The maximum Gasteiger partial charge on any atom is 0.269 e. The summed E-state index contributed by atoms with van der Waals surface area (Å²) in [6, 6.07) is 12.0. The molecule has 8 nitrogen and oxygen atoms in total. The normalized spacial score (nSPS) is 16.0. The van der Waals surface area contributed by atoms with Crippen LogP contribution in [0.2, 0.25) is 5.02 Å². The van der Waals surface area contributed by atoms with E-state index in [9.17, 15) is 22.8 Å². The molecular weight excluding hydrogens is 478 g/mol. The van der Waals surface area contributed by atoms with Crippen LogP contribution in [0.5, 0.6) is 0 Å². The molecule has 0 bridgehead atoms. The predicted octanol–water partition coefficient (Wildman–Crippen LogP) is 3.21. The third-order valence-corrected chi connectivity index (χ3v) is 8.12. The van der Waals surface area contributed by atoms with Crippen molar-refractivity contribution in [2.75, 3.05) is 6.54 Å². The molecular formula is C24H28ClN3O5S. The van der Waals surface area contributed by atoms with E-state index in [2.05, 4.69) is 5.32 Å². The second-order valence-corrected chi connectivity index (χ2v) is 10.5.